The number of amides is 3. The van der Waals surface area contributed by atoms with Crippen LogP contribution in [0.1, 0.15) is 38.3 Å². The van der Waals surface area contributed by atoms with E-state index in [1.165, 1.54) is 6.08 Å². The lowest BCUT2D eigenvalue weighted by atomic mass is 10.1. The third-order valence-corrected chi connectivity index (χ3v) is 4.60. The molecular formula is C24H28BrN3O4. The lowest BCUT2D eigenvalue weighted by Gasteiger charge is -2.19. The van der Waals surface area contributed by atoms with E-state index >= 15 is 0 Å². The summed E-state index contributed by atoms with van der Waals surface area (Å²) in [6.07, 6.45) is 2.74. The molecule has 2 aromatic carbocycles. The van der Waals surface area contributed by atoms with E-state index in [4.69, 9.17) is 4.74 Å². The van der Waals surface area contributed by atoms with E-state index in [0.29, 0.717) is 5.69 Å². The van der Waals surface area contributed by atoms with Crippen molar-refractivity contribution >= 4 is 45.6 Å². The van der Waals surface area contributed by atoms with E-state index in [1.807, 2.05) is 42.5 Å². The minimum absolute atomic E-state index is 0.115. The highest BCUT2D eigenvalue weighted by atomic mass is 79.9. The monoisotopic (exact) mass is 501 g/mol. The summed E-state index contributed by atoms with van der Waals surface area (Å²) in [7, 11) is 0. The van der Waals surface area contributed by atoms with E-state index in [0.717, 1.165) is 15.6 Å². The number of hydrogen-bond donors (Lipinski definition) is 3. The van der Waals surface area contributed by atoms with Gasteiger partial charge in [0.15, 0.2) is 0 Å². The molecule has 0 saturated carbocycles. The Morgan fingerprint density at radius 3 is 2.38 bits per heavy atom. The SMILES string of the molecule is CC(C)(C)OC(=O)NCCC(=O)NCc1ccccc1NC(=O)/C=C/c1ccc(Br)cc1. The van der Waals surface area contributed by atoms with Gasteiger partial charge in [-0.15, -0.1) is 0 Å². The molecular weight excluding hydrogens is 474 g/mol. The van der Waals surface area contributed by atoms with E-state index in [2.05, 4.69) is 31.9 Å². The first kappa shape index (κ1) is 25.1. The Morgan fingerprint density at radius 1 is 1.00 bits per heavy atom. The molecule has 32 heavy (non-hydrogen) atoms. The molecule has 0 aliphatic carbocycles. The van der Waals surface area contributed by atoms with E-state index < -0.39 is 11.7 Å². The fourth-order valence-electron chi connectivity index (χ4n) is 2.59. The first-order valence-electron chi connectivity index (χ1n) is 10.2. The van der Waals surface area contributed by atoms with Gasteiger partial charge in [-0.25, -0.2) is 4.79 Å². The Hall–Kier alpha value is -3.13. The largest absolute Gasteiger partial charge is 0.444 e. The summed E-state index contributed by atoms with van der Waals surface area (Å²) < 4.78 is 6.09. The molecule has 0 atom stereocenters. The van der Waals surface area contributed by atoms with E-state index in [9.17, 15) is 14.4 Å². The Morgan fingerprint density at radius 2 is 1.69 bits per heavy atom. The van der Waals surface area contributed by atoms with Gasteiger partial charge in [-0.05, 0) is 56.2 Å². The number of benzene rings is 2. The number of rotatable bonds is 8. The summed E-state index contributed by atoms with van der Waals surface area (Å²) in [5.41, 5.74) is 1.70. The number of carbonyl (C=O) groups is 3. The van der Waals surface area contributed by atoms with Crippen LogP contribution in [0.15, 0.2) is 59.1 Å². The van der Waals surface area contributed by atoms with Crippen molar-refractivity contribution in [3.63, 3.8) is 0 Å². The number of anilines is 1. The topological polar surface area (TPSA) is 96.5 Å². The zero-order chi connectivity index (χ0) is 23.6. The Labute approximate surface area is 196 Å². The molecule has 8 heteroatoms. The quantitative estimate of drug-likeness (QED) is 0.459. The zero-order valence-electron chi connectivity index (χ0n) is 18.4. The molecule has 0 fully saturated rings. The molecule has 3 N–H and O–H groups in total. The number of nitrogens with one attached hydrogen (secondary N) is 3. The van der Waals surface area contributed by atoms with Crippen molar-refractivity contribution < 1.29 is 19.1 Å². The smallest absolute Gasteiger partial charge is 0.407 e. The number of hydrogen-bond acceptors (Lipinski definition) is 4. The third kappa shape index (κ3) is 9.78. The molecule has 0 radical (unpaired) electrons. The highest BCUT2D eigenvalue weighted by Crippen LogP contribution is 2.16. The molecule has 0 spiro atoms. The van der Waals surface area contributed by atoms with Crippen molar-refractivity contribution in [1.29, 1.82) is 0 Å². The van der Waals surface area contributed by atoms with Crippen molar-refractivity contribution in [2.75, 3.05) is 11.9 Å². The summed E-state index contributed by atoms with van der Waals surface area (Å²) in [5.74, 6) is -0.495. The van der Waals surface area contributed by atoms with Crippen molar-refractivity contribution in [2.24, 2.45) is 0 Å². The molecule has 0 unspecified atom stereocenters. The van der Waals surface area contributed by atoms with Crippen LogP contribution in [-0.4, -0.2) is 30.1 Å². The maximum Gasteiger partial charge on any atom is 0.407 e. The Kier molecular flexibility index (Phi) is 9.46. The van der Waals surface area contributed by atoms with Gasteiger partial charge in [0.2, 0.25) is 11.8 Å². The second-order valence-electron chi connectivity index (χ2n) is 7.99. The van der Waals surface area contributed by atoms with Gasteiger partial charge < -0.3 is 20.7 Å². The van der Waals surface area contributed by atoms with Crippen molar-refractivity contribution in [2.45, 2.75) is 39.3 Å². The second kappa shape index (κ2) is 12.0. The van der Waals surface area contributed by atoms with Crippen LogP contribution >= 0.6 is 15.9 Å². The van der Waals surface area contributed by atoms with Crippen LogP contribution in [0.25, 0.3) is 6.08 Å². The molecule has 2 rings (SSSR count). The number of carbonyl (C=O) groups excluding carboxylic acids is 3. The maximum absolute atomic E-state index is 12.3. The van der Waals surface area contributed by atoms with Crippen LogP contribution in [0.3, 0.4) is 0 Å². The van der Waals surface area contributed by atoms with Crippen LogP contribution in [0, 0.1) is 0 Å². The molecule has 0 aromatic heterocycles. The molecule has 0 saturated heterocycles. The van der Waals surface area contributed by atoms with Gasteiger partial charge >= 0.3 is 6.09 Å². The van der Waals surface area contributed by atoms with Gasteiger partial charge in [0.05, 0.1) is 0 Å². The summed E-state index contributed by atoms with van der Waals surface area (Å²) in [6.45, 7) is 5.72. The van der Waals surface area contributed by atoms with Gasteiger partial charge in [-0.1, -0.05) is 46.3 Å². The predicted molar refractivity (Wildman–Crippen MR) is 129 cm³/mol. The van der Waals surface area contributed by atoms with Gasteiger partial charge in [-0.3, -0.25) is 9.59 Å². The number of alkyl carbamates (subject to hydrolysis) is 1. The van der Waals surface area contributed by atoms with Gasteiger partial charge in [0.1, 0.15) is 5.60 Å². The summed E-state index contributed by atoms with van der Waals surface area (Å²) in [6, 6.07) is 14.8. The molecule has 0 aliphatic heterocycles. The first-order chi connectivity index (χ1) is 15.1. The first-order valence-corrected chi connectivity index (χ1v) is 11.0. The lowest BCUT2D eigenvalue weighted by molar-refractivity contribution is -0.121. The summed E-state index contributed by atoms with van der Waals surface area (Å²) >= 11 is 3.38. The van der Waals surface area contributed by atoms with E-state index in [1.54, 1.807) is 32.9 Å². The molecule has 0 bridgehead atoms. The van der Waals surface area contributed by atoms with Crippen LogP contribution in [-0.2, 0) is 20.9 Å². The van der Waals surface area contributed by atoms with Crippen LogP contribution in [0.5, 0.6) is 0 Å². The number of para-hydroxylation sites is 1. The summed E-state index contributed by atoms with van der Waals surface area (Å²) in [4.78, 5) is 36.0. The second-order valence-corrected chi connectivity index (χ2v) is 8.90. The van der Waals surface area contributed by atoms with Gasteiger partial charge in [-0.2, -0.15) is 0 Å². The standard InChI is InChI=1S/C24H28BrN3O4/c1-24(2,3)32-23(31)26-15-14-21(29)27-16-18-6-4-5-7-20(18)28-22(30)13-10-17-8-11-19(25)12-9-17/h4-13H,14-16H2,1-3H3,(H,26,31)(H,27,29)(H,28,30)/b13-10+. The molecule has 3 amide bonds. The molecule has 2 aromatic rings. The molecule has 7 nitrogen and oxygen atoms in total. The predicted octanol–water partition coefficient (Wildman–Crippen LogP) is 4.63. The van der Waals surface area contributed by atoms with Gasteiger partial charge in [0, 0.05) is 35.7 Å². The fraction of sp³-hybridized carbons (Fsp3) is 0.292. The zero-order valence-corrected chi connectivity index (χ0v) is 20.0. The van der Waals surface area contributed by atoms with Crippen molar-refractivity contribution in [3.8, 4) is 0 Å². The van der Waals surface area contributed by atoms with Crippen LogP contribution in [0.4, 0.5) is 10.5 Å². The van der Waals surface area contributed by atoms with Crippen LogP contribution in [0.2, 0.25) is 0 Å². The normalized spacial score (nSPS) is 11.1. The average Bonchev–Trinajstić information content (AvgIpc) is 2.71. The fourth-order valence-corrected chi connectivity index (χ4v) is 2.86. The third-order valence-electron chi connectivity index (χ3n) is 4.07. The van der Waals surface area contributed by atoms with E-state index in [-0.39, 0.29) is 31.3 Å². The Bertz CT molecular complexity index is 966. The molecule has 170 valence electrons. The molecule has 0 aliphatic rings. The minimum Gasteiger partial charge on any atom is -0.444 e. The minimum atomic E-state index is -0.589. The van der Waals surface area contributed by atoms with Crippen LogP contribution < -0.4 is 16.0 Å². The maximum atomic E-state index is 12.3. The van der Waals surface area contributed by atoms with Crippen molar-refractivity contribution in [1.82, 2.24) is 10.6 Å². The Balaban J connectivity index is 1.82. The highest BCUT2D eigenvalue weighted by Gasteiger charge is 2.16. The average molecular weight is 502 g/mol. The lowest BCUT2D eigenvalue weighted by Crippen LogP contribution is -2.35. The highest BCUT2D eigenvalue weighted by molar-refractivity contribution is 9.10. The number of ether oxygens (including phenoxy) is 1. The van der Waals surface area contributed by atoms with Crippen molar-refractivity contribution in [3.05, 3.63) is 70.2 Å². The number of halogens is 1. The molecule has 0 heterocycles. The van der Waals surface area contributed by atoms with Gasteiger partial charge in [0.25, 0.3) is 0 Å². The summed E-state index contributed by atoms with van der Waals surface area (Å²) in [5, 5.41) is 8.18.